The molecule has 0 unspecified atom stereocenters. The van der Waals surface area contributed by atoms with Gasteiger partial charge in [-0.1, -0.05) is 42.8 Å². The number of aromatic amines is 1. The normalized spacial score (nSPS) is 11.4. The van der Waals surface area contributed by atoms with Crippen molar-refractivity contribution in [3.8, 4) is 11.6 Å². The van der Waals surface area contributed by atoms with Crippen molar-refractivity contribution in [1.82, 2.24) is 9.55 Å². The molecule has 3 N–H and O–H groups in total. The third-order valence-electron chi connectivity index (χ3n) is 4.10. The van der Waals surface area contributed by atoms with E-state index in [1.54, 1.807) is 12.1 Å². The molecule has 0 aliphatic carbocycles. The van der Waals surface area contributed by atoms with Crippen LogP contribution in [0.1, 0.15) is 24.5 Å². The van der Waals surface area contributed by atoms with Crippen molar-refractivity contribution in [1.29, 1.82) is 0 Å². The lowest BCUT2D eigenvalue weighted by Crippen LogP contribution is -2.33. The fourth-order valence-electron chi connectivity index (χ4n) is 2.67. The molecule has 138 valence electrons. The van der Waals surface area contributed by atoms with E-state index in [2.05, 4.69) is 15.5 Å². The smallest absolute Gasteiger partial charge is 0.335 e. The van der Waals surface area contributed by atoms with Crippen molar-refractivity contribution < 1.29 is 5.11 Å². The fourth-order valence-corrected chi connectivity index (χ4v) is 2.67. The van der Waals surface area contributed by atoms with E-state index >= 15 is 0 Å². The molecule has 27 heavy (non-hydrogen) atoms. The Bertz CT molecular complexity index is 1080. The highest BCUT2D eigenvalue weighted by Crippen LogP contribution is 2.19. The van der Waals surface area contributed by atoms with E-state index in [9.17, 15) is 14.7 Å². The lowest BCUT2D eigenvalue weighted by atomic mass is 10.1. The van der Waals surface area contributed by atoms with Crippen LogP contribution in [-0.2, 0) is 0 Å². The van der Waals surface area contributed by atoms with Crippen molar-refractivity contribution in [2.75, 3.05) is 5.43 Å². The maximum Gasteiger partial charge on any atom is 0.335 e. The third kappa shape index (κ3) is 3.82. The van der Waals surface area contributed by atoms with Crippen molar-refractivity contribution >= 4 is 11.4 Å². The third-order valence-corrected chi connectivity index (χ3v) is 4.10. The van der Waals surface area contributed by atoms with Gasteiger partial charge in [-0.2, -0.15) is 5.10 Å². The van der Waals surface area contributed by atoms with Gasteiger partial charge >= 0.3 is 5.69 Å². The predicted octanol–water partition coefficient (Wildman–Crippen LogP) is 2.77. The molecule has 0 saturated carbocycles. The molecule has 0 aliphatic rings. The zero-order chi connectivity index (χ0) is 19.4. The largest absolute Gasteiger partial charge is 0.493 e. The Balaban J connectivity index is 2.11. The monoisotopic (exact) mass is 364 g/mol. The number of aromatic hydroxyl groups is 1. The summed E-state index contributed by atoms with van der Waals surface area (Å²) in [4.78, 5) is 26.9. The highest BCUT2D eigenvalue weighted by atomic mass is 16.3. The maximum atomic E-state index is 12.4. The number of hydrogen-bond donors (Lipinski definition) is 3. The summed E-state index contributed by atoms with van der Waals surface area (Å²) in [5, 5.41) is 15.0. The Morgan fingerprint density at radius 2 is 1.78 bits per heavy atom. The summed E-state index contributed by atoms with van der Waals surface area (Å²) in [6.45, 7) is 3.73. The predicted molar refractivity (Wildman–Crippen MR) is 106 cm³/mol. The van der Waals surface area contributed by atoms with Gasteiger partial charge in [0, 0.05) is 0 Å². The van der Waals surface area contributed by atoms with Crippen LogP contribution in [-0.4, -0.2) is 20.4 Å². The second kappa shape index (κ2) is 7.74. The van der Waals surface area contributed by atoms with Gasteiger partial charge in [0.05, 0.1) is 17.1 Å². The summed E-state index contributed by atoms with van der Waals surface area (Å²) in [5.41, 5.74) is 3.97. The van der Waals surface area contributed by atoms with Crippen LogP contribution in [0.25, 0.3) is 5.69 Å². The van der Waals surface area contributed by atoms with Gasteiger partial charge < -0.3 is 5.11 Å². The van der Waals surface area contributed by atoms with Gasteiger partial charge in [0.1, 0.15) is 5.56 Å². The summed E-state index contributed by atoms with van der Waals surface area (Å²) < 4.78 is 1.06. The average molecular weight is 364 g/mol. The van der Waals surface area contributed by atoms with E-state index in [0.717, 1.165) is 15.8 Å². The first-order valence-corrected chi connectivity index (χ1v) is 8.54. The molecule has 7 nitrogen and oxygen atoms in total. The average Bonchev–Trinajstić information content (AvgIpc) is 2.66. The van der Waals surface area contributed by atoms with Crippen LogP contribution in [0.15, 0.2) is 69.3 Å². The number of para-hydroxylation sites is 1. The van der Waals surface area contributed by atoms with Gasteiger partial charge in [0.15, 0.2) is 0 Å². The molecule has 0 saturated heterocycles. The number of hydrogen-bond acceptors (Lipinski definition) is 5. The Kier molecular flexibility index (Phi) is 5.21. The van der Waals surface area contributed by atoms with E-state index in [0.29, 0.717) is 17.8 Å². The first-order valence-electron chi connectivity index (χ1n) is 8.54. The van der Waals surface area contributed by atoms with Crippen molar-refractivity contribution in [2.45, 2.75) is 20.3 Å². The summed E-state index contributed by atoms with van der Waals surface area (Å²) in [7, 11) is 0. The van der Waals surface area contributed by atoms with Crippen LogP contribution in [0.4, 0.5) is 5.69 Å². The standard InChI is InChI=1S/C20H20N4O3/c1-3-16(23-22-14-7-5-4-6-8-14)17-18(25)21-20(27)24(19(17)26)15-11-9-13(2)10-12-15/h4-12,22,26H,3H2,1-2H3,(H,21,25,27)/b23-16+. The first-order chi connectivity index (χ1) is 13.0. The van der Waals surface area contributed by atoms with Crippen LogP contribution in [0, 0.1) is 6.92 Å². The molecule has 0 radical (unpaired) electrons. The van der Waals surface area contributed by atoms with Crippen molar-refractivity contribution in [3.63, 3.8) is 0 Å². The molecule has 0 aliphatic heterocycles. The number of H-pyrrole nitrogens is 1. The van der Waals surface area contributed by atoms with Crippen molar-refractivity contribution in [3.05, 3.63) is 86.6 Å². The topological polar surface area (TPSA) is 99.5 Å². The molecule has 2 aromatic carbocycles. The van der Waals surface area contributed by atoms with Crippen LogP contribution >= 0.6 is 0 Å². The Morgan fingerprint density at radius 1 is 1.11 bits per heavy atom. The number of hydrazone groups is 1. The molecular weight excluding hydrogens is 344 g/mol. The van der Waals surface area contributed by atoms with Gasteiger partial charge in [0.25, 0.3) is 5.56 Å². The Labute approximate surface area is 155 Å². The number of rotatable bonds is 5. The maximum absolute atomic E-state index is 12.4. The lowest BCUT2D eigenvalue weighted by molar-refractivity contribution is 0.429. The summed E-state index contributed by atoms with van der Waals surface area (Å²) in [6.07, 6.45) is 0.378. The Hall–Kier alpha value is -3.61. The van der Waals surface area contributed by atoms with E-state index < -0.39 is 17.1 Å². The van der Waals surface area contributed by atoms with Gasteiger partial charge in [0.2, 0.25) is 5.88 Å². The summed E-state index contributed by atoms with van der Waals surface area (Å²) in [5.74, 6) is -0.442. The number of nitrogens with one attached hydrogen (secondary N) is 2. The minimum atomic E-state index is -0.712. The number of anilines is 1. The van der Waals surface area contributed by atoms with Crippen LogP contribution in [0.2, 0.25) is 0 Å². The quantitative estimate of drug-likeness (QED) is 0.479. The first kappa shape index (κ1) is 18.2. The number of benzene rings is 2. The number of nitrogens with zero attached hydrogens (tertiary/aromatic N) is 2. The molecular formula is C20H20N4O3. The zero-order valence-corrected chi connectivity index (χ0v) is 15.1. The molecule has 1 heterocycles. The molecule has 7 heteroatoms. The fraction of sp³-hybridized carbons (Fsp3) is 0.150. The van der Waals surface area contributed by atoms with Crippen LogP contribution < -0.4 is 16.7 Å². The summed E-state index contributed by atoms with van der Waals surface area (Å²) >= 11 is 0. The van der Waals surface area contributed by atoms with Crippen molar-refractivity contribution in [2.24, 2.45) is 5.10 Å². The molecule has 1 aromatic heterocycles. The van der Waals surface area contributed by atoms with E-state index in [-0.39, 0.29) is 5.56 Å². The van der Waals surface area contributed by atoms with Gasteiger partial charge in [-0.3, -0.25) is 15.2 Å². The minimum absolute atomic E-state index is 0.0406. The van der Waals surface area contributed by atoms with E-state index in [1.165, 1.54) is 0 Å². The molecule has 0 amide bonds. The highest BCUT2D eigenvalue weighted by Gasteiger charge is 2.19. The molecule has 3 aromatic rings. The molecule has 0 atom stereocenters. The SMILES string of the molecule is CC/C(=N\Nc1ccccc1)c1c(O)n(-c2ccc(C)cc2)c(=O)[nH]c1=O. The van der Waals surface area contributed by atoms with Gasteiger partial charge in [-0.15, -0.1) is 0 Å². The minimum Gasteiger partial charge on any atom is -0.493 e. The number of aryl methyl sites for hydroxylation is 1. The summed E-state index contributed by atoms with van der Waals surface area (Å²) in [6, 6.07) is 16.3. The molecule has 0 spiro atoms. The van der Waals surface area contributed by atoms with Crippen LogP contribution in [0.5, 0.6) is 5.88 Å². The van der Waals surface area contributed by atoms with Gasteiger partial charge in [-0.25, -0.2) is 9.36 Å². The van der Waals surface area contributed by atoms with Crippen LogP contribution in [0.3, 0.4) is 0 Å². The number of aromatic nitrogens is 2. The molecule has 0 fully saturated rings. The Morgan fingerprint density at radius 3 is 2.41 bits per heavy atom. The second-order valence-electron chi connectivity index (χ2n) is 6.02. The van der Waals surface area contributed by atoms with E-state index in [1.807, 2.05) is 56.3 Å². The zero-order valence-electron chi connectivity index (χ0n) is 15.1. The van der Waals surface area contributed by atoms with E-state index in [4.69, 9.17) is 0 Å². The van der Waals surface area contributed by atoms with Gasteiger partial charge in [-0.05, 0) is 37.6 Å². The molecule has 3 rings (SSSR count). The highest BCUT2D eigenvalue weighted by molar-refractivity contribution is 6.02. The molecule has 0 bridgehead atoms. The second-order valence-corrected chi connectivity index (χ2v) is 6.02. The lowest BCUT2D eigenvalue weighted by Gasteiger charge is -2.12.